The maximum Gasteiger partial charge on any atom is 0.0787 e. The van der Waals surface area contributed by atoms with Crippen molar-refractivity contribution in [1.82, 2.24) is 0 Å². The molecule has 0 amide bonds. The van der Waals surface area contributed by atoms with Gasteiger partial charge in [0.05, 0.1) is 17.1 Å². The minimum absolute atomic E-state index is 0.403. The summed E-state index contributed by atoms with van der Waals surface area (Å²) in [6.07, 6.45) is 3.31. The molecule has 0 bridgehead atoms. The number of nitrogens with two attached hydrogens (primary N) is 3. The zero-order valence-electron chi connectivity index (χ0n) is 7.38. The van der Waals surface area contributed by atoms with Crippen LogP contribution in [-0.2, 0) is 0 Å². The molecule has 0 aliphatic rings. The number of benzene rings is 1. The topological polar surface area (TPSA) is 78.1 Å². The van der Waals surface area contributed by atoms with Gasteiger partial charge in [0.15, 0.2) is 0 Å². The molecular weight excluding hydrogens is 162 g/mol. The highest BCUT2D eigenvalue weighted by atomic mass is 14.7. The summed E-state index contributed by atoms with van der Waals surface area (Å²) in [5.41, 5.74) is 20.0. The van der Waals surface area contributed by atoms with Crippen molar-refractivity contribution in [2.24, 2.45) is 0 Å². The second-order valence-electron chi connectivity index (χ2n) is 2.70. The van der Waals surface area contributed by atoms with E-state index >= 15 is 0 Å². The van der Waals surface area contributed by atoms with Crippen molar-refractivity contribution in [2.45, 2.75) is 0 Å². The highest BCUT2D eigenvalue weighted by Crippen LogP contribution is 2.31. The number of hydrogen-bond acceptors (Lipinski definition) is 3. The van der Waals surface area contributed by atoms with E-state index in [1.807, 2.05) is 0 Å². The van der Waals surface area contributed by atoms with Crippen molar-refractivity contribution in [3.05, 3.63) is 30.4 Å². The Kier molecular flexibility index (Phi) is 2.28. The summed E-state index contributed by atoms with van der Waals surface area (Å²) in [6.45, 7) is 7.30. The summed E-state index contributed by atoms with van der Waals surface area (Å²) in [5.74, 6) is 0. The van der Waals surface area contributed by atoms with Gasteiger partial charge in [0.25, 0.3) is 0 Å². The van der Waals surface area contributed by atoms with Crippen LogP contribution in [0.3, 0.4) is 0 Å². The molecule has 0 aliphatic carbocycles. The average Bonchev–Trinajstić information content (AvgIpc) is 2.13. The molecule has 0 fully saturated rings. The van der Waals surface area contributed by atoms with E-state index in [1.165, 1.54) is 0 Å². The Labute approximate surface area is 77.5 Å². The first-order valence-corrected chi connectivity index (χ1v) is 3.84. The molecule has 0 spiro atoms. The van der Waals surface area contributed by atoms with Crippen LogP contribution >= 0.6 is 0 Å². The van der Waals surface area contributed by atoms with Crippen LogP contribution in [0.2, 0.25) is 0 Å². The molecule has 0 saturated heterocycles. The van der Waals surface area contributed by atoms with Crippen LogP contribution < -0.4 is 17.2 Å². The molecule has 0 aromatic heterocycles. The Bertz CT molecular complexity index is 367. The second kappa shape index (κ2) is 3.23. The molecule has 1 aromatic carbocycles. The number of rotatable bonds is 2. The fourth-order valence-corrected chi connectivity index (χ4v) is 1.18. The van der Waals surface area contributed by atoms with Gasteiger partial charge in [-0.25, -0.2) is 0 Å². The Morgan fingerprint density at radius 2 is 1.62 bits per heavy atom. The van der Waals surface area contributed by atoms with Crippen LogP contribution in [0.25, 0.3) is 12.2 Å². The fraction of sp³-hybridized carbons (Fsp3) is 0. The lowest BCUT2D eigenvalue weighted by Crippen LogP contribution is -2.03. The quantitative estimate of drug-likeness (QED) is 0.599. The van der Waals surface area contributed by atoms with Gasteiger partial charge in [-0.05, 0) is 11.6 Å². The summed E-state index contributed by atoms with van der Waals surface area (Å²) in [7, 11) is 0. The molecule has 1 aromatic rings. The van der Waals surface area contributed by atoms with Crippen LogP contribution in [0.4, 0.5) is 17.1 Å². The highest BCUT2D eigenvalue weighted by Gasteiger charge is 2.07. The lowest BCUT2D eigenvalue weighted by Gasteiger charge is -2.10. The van der Waals surface area contributed by atoms with Gasteiger partial charge in [0.2, 0.25) is 0 Å². The van der Waals surface area contributed by atoms with Gasteiger partial charge in [-0.15, -0.1) is 0 Å². The van der Waals surface area contributed by atoms with E-state index in [2.05, 4.69) is 13.2 Å². The van der Waals surface area contributed by atoms with Crippen molar-refractivity contribution in [1.29, 1.82) is 0 Å². The van der Waals surface area contributed by atoms with Crippen molar-refractivity contribution in [3.8, 4) is 0 Å². The van der Waals surface area contributed by atoms with Gasteiger partial charge in [0, 0.05) is 5.56 Å². The van der Waals surface area contributed by atoms with Crippen molar-refractivity contribution < 1.29 is 0 Å². The van der Waals surface area contributed by atoms with E-state index in [9.17, 15) is 0 Å². The normalized spacial score (nSPS) is 9.54. The van der Waals surface area contributed by atoms with E-state index in [1.54, 1.807) is 18.2 Å². The molecule has 3 heteroatoms. The maximum absolute atomic E-state index is 5.75. The zero-order valence-corrected chi connectivity index (χ0v) is 7.38. The smallest absolute Gasteiger partial charge is 0.0787 e. The minimum atomic E-state index is 0.403. The third kappa shape index (κ3) is 1.36. The van der Waals surface area contributed by atoms with Crippen LogP contribution in [0.1, 0.15) is 11.1 Å². The summed E-state index contributed by atoms with van der Waals surface area (Å²) >= 11 is 0. The predicted molar refractivity (Wildman–Crippen MR) is 59.9 cm³/mol. The first-order chi connectivity index (χ1) is 6.11. The van der Waals surface area contributed by atoms with Crippen molar-refractivity contribution in [3.63, 3.8) is 0 Å². The van der Waals surface area contributed by atoms with Crippen LogP contribution in [0, 0.1) is 0 Å². The monoisotopic (exact) mass is 175 g/mol. The average molecular weight is 175 g/mol. The van der Waals surface area contributed by atoms with Gasteiger partial charge in [-0.1, -0.05) is 25.3 Å². The molecule has 1 rings (SSSR count). The Morgan fingerprint density at radius 3 is 2.08 bits per heavy atom. The summed E-state index contributed by atoms with van der Waals surface area (Å²) in [6, 6.07) is 1.73. The van der Waals surface area contributed by atoms with E-state index < -0.39 is 0 Å². The minimum Gasteiger partial charge on any atom is -0.397 e. The number of nitrogen functional groups attached to an aromatic ring is 3. The van der Waals surface area contributed by atoms with E-state index in [-0.39, 0.29) is 0 Å². The lowest BCUT2D eigenvalue weighted by atomic mass is 10.0. The molecule has 0 heterocycles. The zero-order chi connectivity index (χ0) is 10.0. The molecule has 0 unspecified atom stereocenters. The first-order valence-electron chi connectivity index (χ1n) is 3.84. The molecule has 6 N–H and O–H groups in total. The Balaban J connectivity index is 3.56. The number of hydrogen-bond donors (Lipinski definition) is 3. The van der Waals surface area contributed by atoms with Crippen LogP contribution in [0.15, 0.2) is 19.2 Å². The molecule has 0 aliphatic heterocycles. The predicted octanol–water partition coefficient (Wildman–Crippen LogP) is 1.72. The van der Waals surface area contributed by atoms with Crippen molar-refractivity contribution in [2.75, 3.05) is 17.2 Å². The summed E-state index contributed by atoms with van der Waals surface area (Å²) in [4.78, 5) is 0. The molecule has 13 heavy (non-hydrogen) atoms. The van der Waals surface area contributed by atoms with Gasteiger partial charge in [0.1, 0.15) is 0 Å². The Hall–Kier alpha value is -1.90. The Morgan fingerprint density at radius 1 is 1.00 bits per heavy atom. The third-order valence-corrected chi connectivity index (χ3v) is 1.94. The van der Waals surface area contributed by atoms with Gasteiger partial charge >= 0.3 is 0 Å². The van der Waals surface area contributed by atoms with Crippen molar-refractivity contribution >= 4 is 29.2 Å². The highest BCUT2D eigenvalue weighted by molar-refractivity contribution is 5.88. The van der Waals surface area contributed by atoms with Gasteiger partial charge < -0.3 is 17.2 Å². The standard InChI is InChI=1S/C10H13N3/c1-3-6-5-8(11)10(13)9(12)7(6)4-2/h3-5H,1-2,11-13H2. The maximum atomic E-state index is 5.75. The molecule has 0 atom stereocenters. The molecule has 68 valence electrons. The fourth-order valence-electron chi connectivity index (χ4n) is 1.18. The molecule has 0 radical (unpaired) electrons. The van der Waals surface area contributed by atoms with Crippen LogP contribution in [-0.4, -0.2) is 0 Å². The van der Waals surface area contributed by atoms with Gasteiger partial charge in [-0.2, -0.15) is 0 Å². The van der Waals surface area contributed by atoms with Gasteiger partial charge in [-0.3, -0.25) is 0 Å². The summed E-state index contributed by atoms with van der Waals surface area (Å²) in [5, 5.41) is 0. The second-order valence-corrected chi connectivity index (χ2v) is 2.70. The third-order valence-electron chi connectivity index (χ3n) is 1.94. The largest absolute Gasteiger partial charge is 0.397 e. The first kappa shape index (κ1) is 9.19. The summed E-state index contributed by atoms with van der Waals surface area (Å²) < 4.78 is 0. The van der Waals surface area contributed by atoms with Crippen LogP contribution in [0.5, 0.6) is 0 Å². The van der Waals surface area contributed by atoms with E-state index in [4.69, 9.17) is 17.2 Å². The SMILES string of the molecule is C=Cc1cc(N)c(N)c(N)c1C=C. The number of anilines is 3. The molecule has 0 saturated carbocycles. The van der Waals surface area contributed by atoms with E-state index in [0.717, 1.165) is 11.1 Å². The molecule has 3 nitrogen and oxygen atoms in total. The molecular formula is C10H13N3. The lowest BCUT2D eigenvalue weighted by molar-refractivity contribution is 1.58. The van der Waals surface area contributed by atoms with E-state index in [0.29, 0.717) is 17.1 Å².